The van der Waals surface area contributed by atoms with Crippen LogP contribution < -0.4 is 35.6 Å². The number of carboxylic acid groups (broad SMARTS) is 1. The molecule has 65 heavy (non-hydrogen) atoms. The van der Waals surface area contributed by atoms with Gasteiger partial charge < -0.3 is 45.6 Å². The van der Waals surface area contributed by atoms with Crippen LogP contribution in [-0.2, 0) is 14.4 Å². The molecule has 17 heteroatoms. The summed E-state index contributed by atoms with van der Waals surface area (Å²) in [5.41, 5.74) is 1.62. The van der Waals surface area contributed by atoms with Crippen LogP contribution in [0.5, 0.6) is 11.5 Å². The van der Waals surface area contributed by atoms with E-state index in [1.807, 2.05) is 82.4 Å². The molecule has 4 aromatic rings. The summed E-state index contributed by atoms with van der Waals surface area (Å²) >= 11 is 1.45. The van der Waals surface area contributed by atoms with Crippen molar-refractivity contribution in [3.63, 3.8) is 0 Å². The number of methoxy groups -OCH3 is 1. The number of fused-ring (bicyclic) bond motifs is 3. The van der Waals surface area contributed by atoms with Crippen molar-refractivity contribution in [2.45, 2.75) is 108 Å². The third kappa shape index (κ3) is 10.7. The van der Waals surface area contributed by atoms with E-state index in [0.717, 1.165) is 23.7 Å². The molecule has 2 aromatic heterocycles. The van der Waals surface area contributed by atoms with Crippen LogP contribution >= 0.6 is 11.3 Å². The lowest BCUT2D eigenvalue weighted by atomic mass is 9.95. The SMILES string of the molecule is COc1ccc2c(O[C@@H]3C[C@H]4C(=O)N[C@]5(C(=O)O)CC5C=CCCCCC[C@H](NC(=O)N[C@H](C(=O)c5ccc(N(C)C)cc5)C(C)C)C(=O)N4C3)cc(-c3csc(NC(C)C)n3)nc2c1. The molecule has 0 spiro atoms. The van der Waals surface area contributed by atoms with Crippen LogP contribution in [0.25, 0.3) is 22.3 Å². The lowest BCUT2D eigenvalue weighted by Gasteiger charge is -2.30. The first-order chi connectivity index (χ1) is 31.1. The Morgan fingerprint density at radius 1 is 1.00 bits per heavy atom. The number of carboxylic acids is 1. The number of benzene rings is 2. The second-order valence-corrected chi connectivity index (χ2v) is 18.9. The summed E-state index contributed by atoms with van der Waals surface area (Å²) in [7, 11) is 5.39. The lowest BCUT2D eigenvalue weighted by Crippen LogP contribution is -2.58. The van der Waals surface area contributed by atoms with E-state index in [0.29, 0.717) is 52.2 Å². The average molecular weight is 909 g/mol. The van der Waals surface area contributed by atoms with Crippen molar-refractivity contribution in [2.75, 3.05) is 38.0 Å². The molecular formula is C48H60N8O8S. The van der Waals surface area contributed by atoms with Gasteiger partial charge in [-0.1, -0.05) is 38.8 Å². The number of ether oxygens (including phenoxy) is 2. The van der Waals surface area contributed by atoms with Crippen LogP contribution in [0, 0.1) is 11.8 Å². The van der Waals surface area contributed by atoms with Crippen molar-refractivity contribution < 1.29 is 38.6 Å². The molecule has 0 bridgehead atoms. The maximum atomic E-state index is 14.9. The Balaban J connectivity index is 1.19. The minimum absolute atomic E-state index is 0.0371. The molecule has 2 aliphatic heterocycles. The number of rotatable bonds is 13. The number of anilines is 2. The standard InChI is InChI=1S/C48H60N8O8S/c1-27(2)41(42(57)29-15-17-31(18-16-29)55(5)6)53-46(62)51-35-14-12-10-8-9-11-13-30-24-48(30,45(60)61)54-43(58)39-22-33(25-56(39)44(35)59)64-40-23-37(38-26-65-47(52-38)49-28(3)4)50-36-21-32(63-7)19-20-34(36)40/h11,13,15-21,23,26-28,30,33,35,39,41H,8-10,12,14,22,24-25H2,1-7H3,(H,49,52)(H,54,58)(H,60,61)(H2,51,53,62)/t30?,33-,35+,39+,41+,48-/m1/s1. The van der Waals surface area contributed by atoms with Gasteiger partial charge in [-0.25, -0.2) is 19.6 Å². The van der Waals surface area contributed by atoms with Crippen molar-refractivity contribution in [2.24, 2.45) is 11.8 Å². The van der Waals surface area contributed by atoms with Crippen LogP contribution in [0.1, 0.15) is 83.0 Å². The summed E-state index contributed by atoms with van der Waals surface area (Å²) in [4.78, 5) is 82.8. The van der Waals surface area contributed by atoms with Gasteiger partial charge in [-0.05, 0) is 81.8 Å². The number of aromatic nitrogens is 2. The zero-order chi connectivity index (χ0) is 46.6. The summed E-state index contributed by atoms with van der Waals surface area (Å²) in [5, 5.41) is 25.6. The van der Waals surface area contributed by atoms with Gasteiger partial charge in [0.1, 0.15) is 40.9 Å². The normalized spacial score (nSPS) is 22.8. The highest BCUT2D eigenvalue weighted by Gasteiger charge is 2.61. The van der Waals surface area contributed by atoms with Gasteiger partial charge in [0.25, 0.3) is 0 Å². The molecule has 5 N–H and O–H groups in total. The Bertz CT molecular complexity index is 2440. The van der Waals surface area contributed by atoms with Gasteiger partial charge in [-0.2, -0.15) is 0 Å². The molecule has 1 unspecified atom stereocenters. The Labute approximate surface area is 383 Å². The number of aliphatic carboxylic acids is 1. The van der Waals surface area contributed by atoms with E-state index in [-0.39, 0.29) is 43.6 Å². The Kier molecular flexibility index (Phi) is 14.3. The fraction of sp³-hybridized carbons (Fsp3) is 0.479. The first-order valence-corrected chi connectivity index (χ1v) is 23.2. The number of nitrogens with one attached hydrogen (secondary N) is 4. The van der Waals surface area contributed by atoms with E-state index in [1.54, 1.807) is 37.4 Å². The summed E-state index contributed by atoms with van der Waals surface area (Å²) in [6.07, 6.45) is 6.43. The van der Waals surface area contributed by atoms with Crippen molar-refractivity contribution in [1.82, 2.24) is 30.8 Å². The van der Waals surface area contributed by atoms with E-state index in [4.69, 9.17) is 19.4 Å². The van der Waals surface area contributed by atoms with Crippen LogP contribution in [-0.4, -0.2) is 113 Å². The number of hydrogen-bond donors (Lipinski definition) is 5. The highest BCUT2D eigenvalue weighted by atomic mass is 32.1. The third-order valence-corrected chi connectivity index (χ3v) is 13.1. The van der Waals surface area contributed by atoms with E-state index >= 15 is 0 Å². The zero-order valence-corrected chi connectivity index (χ0v) is 38.9. The predicted octanol–water partition coefficient (Wildman–Crippen LogP) is 6.66. The molecule has 1 saturated heterocycles. The smallest absolute Gasteiger partial charge is 0.330 e. The lowest BCUT2D eigenvalue weighted by molar-refractivity contribution is -0.145. The van der Waals surface area contributed by atoms with Crippen molar-refractivity contribution in [1.29, 1.82) is 0 Å². The van der Waals surface area contributed by atoms with Crippen LogP contribution in [0.4, 0.5) is 15.6 Å². The number of ketones is 1. The van der Waals surface area contributed by atoms with E-state index in [2.05, 4.69) is 21.3 Å². The number of thiazole rings is 1. The van der Waals surface area contributed by atoms with Crippen LogP contribution in [0.2, 0.25) is 0 Å². The minimum Gasteiger partial charge on any atom is -0.497 e. The molecular weight excluding hydrogens is 849 g/mol. The Morgan fingerprint density at radius 3 is 2.46 bits per heavy atom. The number of amides is 4. The van der Waals surface area contributed by atoms with Crippen LogP contribution in [0.15, 0.2) is 66.1 Å². The first kappa shape index (κ1) is 46.8. The summed E-state index contributed by atoms with van der Waals surface area (Å²) in [5.74, 6) is -2.19. The predicted molar refractivity (Wildman–Crippen MR) is 251 cm³/mol. The quantitative estimate of drug-likeness (QED) is 0.0707. The maximum absolute atomic E-state index is 14.9. The van der Waals surface area contributed by atoms with Gasteiger partial charge in [0, 0.05) is 66.6 Å². The van der Waals surface area contributed by atoms with Crippen molar-refractivity contribution in [3.8, 4) is 22.9 Å². The van der Waals surface area contributed by atoms with Gasteiger partial charge in [0.15, 0.2) is 10.9 Å². The third-order valence-electron chi connectivity index (χ3n) is 12.3. The highest BCUT2D eigenvalue weighted by Crippen LogP contribution is 2.45. The average Bonchev–Trinajstić information content (AvgIpc) is 3.53. The number of urea groups is 1. The molecule has 346 valence electrons. The molecule has 1 saturated carbocycles. The molecule has 4 amide bonds. The van der Waals surface area contributed by atoms with Gasteiger partial charge >= 0.3 is 12.0 Å². The Hall–Kier alpha value is -6.23. The number of hydrogen-bond acceptors (Lipinski definition) is 12. The van der Waals surface area contributed by atoms with E-state index in [9.17, 15) is 29.1 Å². The number of nitrogens with zero attached hydrogens (tertiary/aromatic N) is 4. The largest absolute Gasteiger partial charge is 0.497 e. The molecule has 6 atom stereocenters. The number of carbonyl (C=O) groups is 5. The second-order valence-electron chi connectivity index (χ2n) is 18.0. The fourth-order valence-electron chi connectivity index (χ4n) is 8.54. The van der Waals surface area contributed by atoms with E-state index in [1.165, 1.54) is 16.2 Å². The first-order valence-electron chi connectivity index (χ1n) is 22.4. The monoisotopic (exact) mass is 908 g/mol. The number of allylic oxidation sites excluding steroid dienone is 1. The molecule has 7 rings (SSSR count). The molecule has 3 aliphatic rings. The second kappa shape index (κ2) is 19.9. The van der Waals surface area contributed by atoms with Gasteiger partial charge in [-0.3, -0.25) is 14.4 Å². The summed E-state index contributed by atoms with van der Waals surface area (Å²) < 4.78 is 12.3. The number of carbonyl (C=O) groups excluding carboxylic acids is 4. The summed E-state index contributed by atoms with van der Waals surface area (Å²) in [6, 6.07) is 10.7. The molecule has 0 radical (unpaired) electrons. The van der Waals surface area contributed by atoms with Gasteiger partial charge in [0.05, 0.1) is 30.9 Å². The number of pyridine rings is 1. The van der Waals surface area contributed by atoms with Crippen LogP contribution in [0.3, 0.4) is 0 Å². The molecule has 1 aliphatic carbocycles. The Morgan fingerprint density at radius 2 is 1.77 bits per heavy atom. The number of Topliss-reactive ketones (excluding diaryl/α,β-unsaturated/α-hetero) is 1. The van der Waals surface area contributed by atoms with Gasteiger partial charge in [0.2, 0.25) is 11.8 Å². The van der Waals surface area contributed by atoms with E-state index < -0.39 is 59.5 Å². The maximum Gasteiger partial charge on any atom is 0.330 e. The fourth-order valence-corrected chi connectivity index (χ4v) is 9.39. The minimum atomic E-state index is -1.50. The zero-order valence-electron chi connectivity index (χ0n) is 38.1. The molecule has 2 fully saturated rings. The molecule has 16 nitrogen and oxygen atoms in total. The molecule has 4 heterocycles. The highest BCUT2D eigenvalue weighted by molar-refractivity contribution is 7.14. The van der Waals surface area contributed by atoms with Gasteiger partial charge in [-0.15, -0.1) is 11.3 Å². The molecule has 2 aromatic carbocycles. The van der Waals surface area contributed by atoms with Crippen molar-refractivity contribution in [3.05, 3.63) is 71.6 Å². The van der Waals surface area contributed by atoms with Crippen molar-refractivity contribution >= 4 is 62.7 Å². The topological polar surface area (TPSA) is 204 Å². The summed E-state index contributed by atoms with van der Waals surface area (Å²) in [6.45, 7) is 7.70.